The van der Waals surface area contributed by atoms with Gasteiger partial charge in [-0.1, -0.05) is 59.2 Å². The zero-order valence-corrected chi connectivity index (χ0v) is 18.0. The van der Waals surface area contributed by atoms with Crippen molar-refractivity contribution < 1.29 is 9.32 Å². The first-order valence-corrected chi connectivity index (χ1v) is 10.9. The molecule has 154 valence electrons. The summed E-state index contributed by atoms with van der Waals surface area (Å²) in [6.45, 7) is 1.87. The van der Waals surface area contributed by atoms with Gasteiger partial charge in [0, 0.05) is 10.7 Å². The molecule has 2 aromatic heterocycles. The van der Waals surface area contributed by atoms with Crippen molar-refractivity contribution in [1.29, 1.82) is 0 Å². The molecule has 0 saturated carbocycles. The van der Waals surface area contributed by atoms with Crippen LogP contribution in [0.2, 0.25) is 5.02 Å². The average Bonchev–Trinajstić information content (AvgIpc) is 3.46. The van der Waals surface area contributed by atoms with E-state index in [0.29, 0.717) is 28.1 Å². The van der Waals surface area contributed by atoms with Crippen LogP contribution in [-0.2, 0) is 0 Å². The summed E-state index contributed by atoms with van der Waals surface area (Å²) in [5.41, 5.74) is 3.01. The molecular formula is C23H17ClN4O2S. The highest BCUT2D eigenvalue weighted by molar-refractivity contribution is 7.13. The Labute approximate surface area is 187 Å². The number of nitrogens with one attached hydrogen (secondary N) is 1. The highest BCUT2D eigenvalue weighted by atomic mass is 35.5. The van der Waals surface area contributed by atoms with Crippen LogP contribution >= 0.6 is 22.9 Å². The molecule has 2 aromatic carbocycles. The maximum atomic E-state index is 13.1. The van der Waals surface area contributed by atoms with Gasteiger partial charge in [0.15, 0.2) is 0 Å². The Morgan fingerprint density at radius 3 is 2.68 bits per heavy atom. The normalized spacial score (nSPS) is 16.5. The van der Waals surface area contributed by atoms with Crippen LogP contribution in [0.15, 0.2) is 82.3 Å². The summed E-state index contributed by atoms with van der Waals surface area (Å²) in [6.07, 6.45) is 0. The van der Waals surface area contributed by atoms with Gasteiger partial charge < -0.3 is 9.84 Å². The fraction of sp³-hybridized carbons (Fsp3) is 0.0870. The zero-order chi connectivity index (χ0) is 21.4. The topological polar surface area (TPSA) is 71.3 Å². The molecule has 1 aliphatic rings. The van der Waals surface area contributed by atoms with Gasteiger partial charge in [-0.3, -0.25) is 4.90 Å². The standard InChI is InChI=1S/C23H17ClN4O2S/c1-14-19(22-26-21(27-30-22)18-11-6-12-31-18)20(15-7-3-2-4-8-15)25-23(29)28(14)17-10-5-9-16(24)13-17/h2-13,20H,1H3,(H,25,29). The van der Waals surface area contributed by atoms with E-state index < -0.39 is 6.04 Å². The largest absolute Gasteiger partial charge is 0.334 e. The number of urea groups is 1. The minimum atomic E-state index is -0.430. The monoisotopic (exact) mass is 448 g/mol. The van der Waals surface area contributed by atoms with Crippen molar-refractivity contribution >= 4 is 40.2 Å². The lowest BCUT2D eigenvalue weighted by atomic mass is 9.94. The van der Waals surface area contributed by atoms with E-state index >= 15 is 0 Å². The van der Waals surface area contributed by atoms with E-state index in [0.717, 1.165) is 16.0 Å². The van der Waals surface area contributed by atoms with Gasteiger partial charge in [-0.2, -0.15) is 4.98 Å². The van der Waals surface area contributed by atoms with Crippen LogP contribution in [0.5, 0.6) is 0 Å². The third-order valence-corrected chi connectivity index (χ3v) is 6.18. The molecule has 31 heavy (non-hydrogen) atoms. The van der Waals surface area contributed by atoms with Crippen molar-refractivity contribution in [3.8, 4) is 10.7 Å². The Balaban J connectivity index is 1.67. The van der Waals surface area contributed by atoms with Crippen LogP contribution in [0, 0.1) is 0 Å². The maximum Gasteiger partial charge on any atom is 0.326 e. The molecular weight excluding hydrogens is 432 g/mol. The predicted molar refractivity (Wildman–Crippen MR) is 122 cm³/mol. The molecule has 0 saturated heterocycles. The Kier molecular flexibility index (Phi) is 5.05. The Morgan fingerprint density at radius 2 is 1.94 bits per heavy atom. The summed E-state index contributed by atoms with van der Waals surface area (Å²) in [5.74, 6) is 0.880. The molecule has 0 fully saturated rings. The van der Waals surface area contributed by atoms with Gasteiger partial charge in [-0.15, -0.1) is 11.3 Å². The Bertz CT molecular complexity index is 1270. The lowest BCUT2D eigenvalue weighted by molar-refractivity contribution is 0.244. The van der Waals surface area contributed by atoms with E-state index in [2.05, 4.69) is 15.5 Å². The number of carbonyl (C=O) groups is 1. The lowest BCUT2D eigenvalue weighted by Crippen LogP contribution is -2.46. The molecule has 1 unspecified atom stereocenters. The van der Waals surface area contributed by atoms with E-state index in [1.165, 1.54) is 11.3 Å². The molecule has 5 rings (SSSR count). The number of allylic oxidation sites excluding steroid dienone is 1. The molecule has 2 amide bonds. The molecule has 0 aliphatic carbocycles. The van der Waals surface area contributed by atoms with Crippen molar-refractivity contribution in [2.24, 2.45) is 0 Å². The quantitative estimate of drug-likeness (QED) is 0.406. The number of rotatable bonds is 4. The van der Waals surface area contributed by atoms with Gasteiger partial charge in [0.05, 0.1) is 22.2 Å². The molecule has 1 N–H and O–H groups in total. The average molecular weight is 449 g/mol. The second kappa shape index (κ2) is 8.02. The van der Waals surface area contributed by atoms with Crippen molar-refractivity contribution in [1.82, 2.24) is 15.5 Å². The van der Waals surface area contributed by atoms with E-state index in [4.69, 9.17) is 16.1 Å². The third kappa shape index (κ3) is 3.62. The lowest BCUT2D eigenvalue weighted by Gasteiger charge is -2.35. The fourth-order valence-electron chi connectivity index (χ4n) is 3.68. The summed E-state index contributed by atoms with van der Waals surface area (Å²) < 4.78 is 5.68. The molecule has 1 atom stereocenters. The van der Waals surface area contributed by atoms with E-state index in [-0.39, 0.29) is 6.03 Å². The first-order chi connectivity index (χ1) is 15.1. The number of thiophene rings is 1. The Morgan fingerprint density at radius 1 is 1.10 bits per heavy atom. The molecule has 0 spiro atoms. The molecule has 0 radical (unpaired) electrons. The summed E-state index contributed by atoms with van der Waals surface area (Å²) in [4.78, 5) is 20.3. The van der Waals surface area contributed by atoms with Gasteiger partial charge in [0.2, 0.25) is 5.82 Å². The minimum Gasteiger partial charge on any atom is -0.334 e. The summed E-state index contributed by atoms with van der Waals surface area (Å²) in [7, 11) is 0. The van der Waals surface area contributed by atoms with Crippen LogP contribution in [-0.4, -0.2) is 16.2 Å². The Hall–Kier alpha value is -3.42. The molecule has 4 aromatic rings. The second-order valence-corrected chi connectivity index (χ2v) is 8.39. The number of aromatic nitrogens is 2. The summed E-state index contributed by atoms with van der Waals surface area (Å²) in [6, 6.07) is 20.1. The van der Waals surface area contributed by atoms with Crippen molar-refractivity contribution in [3.05, 3.63) is 94.3 Å². The van der Waals surface area contributed by atoms with E-state index in [1.807, 2.05) is 66.9 Å². The molecule has 3 heterocycles. The minimum absolute atomic E-state index is 0.254. The number of halogens is 1. The predicted octanol–water partition coefficient (Wildman–Crippen LogP) is 6.15. The SMILES string of the molecule is CC1=C(c2nc(-c3cccs3)no2)C(c2ccccc2)NC(=O)N1c1cccc(Cl)c1. The summed E-state index contributed by atoms with van der Waals surface area (Å²) in [5, 5.41) is 9.76. The number of anilines is 1. The van der Waals surface area contributed by atoms with Crippen LogP contribution in [0.25, 0.3) is 16.3 Å². The number of hydrogen-bond donors (Lipinski definition) is 1. The highest BCUT2D eigenvalue weighted by Gasteiger charge is 2.36. The smallest absolute Gasteiger partial charge is 0.326 e. The number of nitrogens with zero attached hydrogens (tertiary/aromatic N) is 3. The number of hydrogen-bond acceptors (Lipinski definition) is 5. The van der Waals surface area contributed by atoms with E-state index in [9.17, 15) is 4.79 Å². The van der Waals surface area contributed by atoms with Crippen molar-refractivity contribution in [3.63, 3.8) is 0 Å². The fourth-order valence-corrected chi connectivity index (χ4v) is 4.51. The third-order valence-electron chi connectivity index (χ3n) is 5.08. The van der Waals surface area contributed by atoms with Crippen LogP contribution in [0.1, 0.15) is 24.4 Å². The zero-order valence-electron chi connectivity index (χ0n) is 16.4. The molecule has 1 aliphatic heterocycles. The first kappa shape index (κ1) is 19.5. The number of amides is 2. The number of benzene rings is 2. The van der Waals surface area contributed by atoms with Gasteiger partial charge in [-0.25, -0.2) is 4.79 Å². The van der Waals surface area contributed by atoms with Gasteiger partial charge in [0.1, 0.15) is 0 Å². The van der Waals surface area contributed by atoms with Crippen LogP contribution < -0.4 is 10.2 Å². The molecule has 0 bridgehead atoms. The van der Waals surface area contributed by atoms with Crippen LogP contribution in [0.3, 0.4) is 0 Å². The van der Waals surface area contributed by atoms with E-state index in [1.54, 1.807) is 17.0 Å². The molecule has 8 heteroatoms. The summed E-state index contributed by atoms with van der Waals surface area (Å²) >= 11 is 7.72. The first-order valence-electron chi connectivity index (χ1n) is 9.61. The van der Waals surface area contributed by atoms with Crippen LogP contribution in [0.4, 0.5) is 10.5 Å². The van der Waals surface area contributed by atoms with Gasteiger partial charge >= 0.3 is 6.03 Å². The highest BCUT2D eigenvalue weighted by Crippen LogP contribution is 2.39. The number of carbonyl (C=O) groups excluding carboxylic acids is 1. The second-order valence-electron chi connectivity index (χ2n) is 7.01. The maximum absolute atomic E-state index is 13.1. The van der Waals surface area contributed by atoms with Crippen molar-refractivity contribution in [2.45, 2.75) is 13.0 Å². The van der Waals surface area contributed by atoms with Gasteiger partial charge in [0.25, 0.3) is 5.89 Å². The van der Waals surface area contributed by atoms with Gasteiger partial charge in [-0.05, 0) is 42.1 Å². The van der Waals surface area contributed by atoms with Crippen molar-refractivity contribution in [2.75, 3.05) is 4.90 Å². The molecule has 6 nitrogen and oxygen atoms in total.